The lowest BCUT2D eigenvalue weighted by molar-refractivity contribution is 0.0976. The number of ether oxygens (including phenoxy) is 2. The molecular weight excluding hydrogens is 467 g/mol. The van der Waals surface area contributed by atoms with Gasteiger partial charge in [0.15, 0.2) is 15.6 Å². The Morgan fingerprint density at radius 1 is 1.15 bits per heavy atom. The third-order valence-corrected chi connectivity index (χ3v) is 7.35. The van der Waals surface area contributed by atoms with Crippen LogP contribution in [0, 0.1) is 0 Å². The first-order chi connectivity index (χ1) is 12.2. The molecule has 1 fully saturated rings. The monoisotopic (exact) mass is 480 g/mol. The van der Waals surface area contributed by atoms with Gasteiger partial charge in [-0.25, -0.2) is 8.42 Å². The molecule has 26 heavy (non-hydrogen) atoms. The van der Waals surface area contributed by atoms with Crippen LogP contribution in [0.3, 0.4) is 0 Å². The zero-order valence-electron chi connectivity index (χ0n) is 13.6. The number of aliphatic hydroxyl groups is 1. The molecule has 2 aromatic carbocycles. The zero-order chi connectivity index (χ0) is 19.1. The lowest BCUT2D eigenvalue weighted by Crippen LogP contribution is -2.39. The van der Waals surface area contributed by atoms with E-state index in [2.05, 4.69) is 15.9 Å². The molecular formula is C17H15BrCl2O5S. The quantitative estimate of drug-likeness (QED) is 0.660. The number of methoxy groups -OCH3 is 1. The second-order valence-corrected chi connectivity index (χ2v) is 9.83. The van der Waals surface area contributed by atoms with Crippen molar-refractivity contribution in [3.05, 3.63) is 44.8 Å². The molecule has 0 amide bonds. The van der Waals surface area contributed by atoms with Crippen LogP contribution in [0.5, 0.6) is 17.2 Å². The van der Waals surface area contributed by atoms with Crippen LogP contribution in [0.25, 0.3) is 0 Å². The summed E-state index contributed by atoms with van der Waals surface area (Å²) >= 11 is 15.6. The minimum absolute atomic E-state index is 0.0127. The van der Waals surface area contributed by atoms with Crippen LogP contribution in [0.4, 0.5) is 0 Å². The summed E-state index contributed by atoms with van der Waals surface area (Å²) in [4.78, 5) is 0.0127. The molecule has 1 saturated carbocycles. The molecule has 1 N–H and O–H groups in total. The summed E-state index contributed by atoms with van der Waals surface area (Å²) < 4.78 is 37.3. The first-order valence-corrected chi connectivity index (χ1v) is 10.7. The van der Waals surface area contributed by atoms with Gasteiger partial charge in [0.1, 0.15) is 16.4 Å². The minimum Gasteiger partial charge on any atom is -0.495 e. The Balaban J connectivity index is 1.98. The van der Waals surface area contributed by atoms with Gasteiger partial charge in [0, 0.05) is 10.5 Å². The van der Waals surface area contributed by atoms with Crippen LogP contribution < -0.4 is 9.47 Å². The summed E-state index contributed by atoms with van der Waals surface area (Å²) in [6.45, 7) is 0. The summed E-state index contributed by atoms with van der Waals surface area (Å²) in [6, 6.07) is 7.72. The molecule has 0 aromatic heterocycles. The maximum Gasteiger partial charge on any atom is 0.185 e. The average molecular weight is 482 g/mol. The molecule has 0 unspecified atom stereocenters. The van der Waals surface area contributed by atoms with Crippen molar-refractivity contribution >= 4 is 49.0 Å². The number of hydrogen-bond acceptors (Lipinski definition) is 5. The van der Waals surface area contributed by atoms with Gasteiger partial charge in [-0.15, -0.1) is 0 Å². The van der Waals surface area contributed by atoms with Crippen LogP contribution in [0.1, 0.15) is 12.8 Å². The number of aliphatic hydroxyl groups excluding tert-OH is 1. The van der Waals surface area contributed by atoms with E-state index in [1.54, 1.807) is 18.2 Å². The van der Waals surface area contributed by atoms with Crippen LogP contribution >= 0.6 is 39.1 Å². The molecule has 0 heterocycles. The molecule has 0 spiro atoms. The summed E-state index contributed by atoms with van der Waals surface area (Å²) in [7, 11) is -2.26. The topological polar surface area (TPSA) is 72.8 Å². The number of rotatable bonds is 5. The second kappa shape index (κ2) is 7.56. The fourth-order valence-electron chi connectivity index (χ4n) is 2.66. The Bertz CT molecular complexity index is 919. The van der Waals surface area contributed by atoms with Crippen LogP contribution in [0.2, 0.25) is 10.0 Å². The van der Waals surface area contributed by atoms with Crippen molar-refractivity contribution in [3.8, 4) is 17.2 Å². The smallest absolute Gasteiger partial charge is 0.185 e. The molecule has 0 atom stereocenters. The summed E-state index contributed by atoms with van der Waals surface area (Å²) in [5.74, 6) is 0.700. The van der Waals surface area contributed by atoms with E-state index >= 15 is 0 Å². The lowest BCUT2D eigenvalue weighted by Gasteiger charge is -2.31. The van der Waals surface area contributed by atoms with E-state index < -0.39 is 21.2 Å². The third kappa shape index (κ3) is 3.82. The molecule has 9 heteroatoms. The van der Waals surface area contributed by atoms with Gasteiger partial charge < -0.3 is 14.6 Å². The Morgan fingerprint density at radius 3 is 2.31 bits per heavy atom. The summed E-state index contributed by atoms with van der Waals surface area (Å²) in [5.41, 5.74) is 0. The van der Waals surface area contributed by atoms with Crippen LogP contribution in [-0.4, -0.2) is 32.0 Å². The number of hydrogen-bond donors (Lipinski definition) is 1. The normalized spacial score (nSPS) is 19.7. The maximum absolute atomic E-state index is 12.8. The Labute approximate surface area is 169 Å². The fraction of sp³-hybridized carbons (Fsp3) is 0.294. The van der Waals surface area contributed by atoms with Crippen molar-refractivity contribution in [2.24, 2.45) is 0 Å². The van der Waals surface area contributed by atoms with E-state index in [1.165, 1.54) is 19.2 Å². The van der Waals surface area contributed by atoms with Gasteiger partial charge in [0.2, 0.25) is 0 Å². The largest absolute Gasteiger partial charge is 0.495 e. The van der Waals surface area contributed by atoms with Crippen molar-refractivity contribution in [1.82, 2.24) is 0 Å². The molecule has 0 aliphatic heterocycles. The van der Waals surface area contributed by atoms with Gasteiger partial charge in [-0.05, 0) is 37.1 Å². The van der Waals surface area contributed by atoms with E-state index in [9.17, 15) is 13.5 Å². The number of benzene rings is 2. The Hall–Kier alpha value is -0.990. The highest BCUT2D eigenvalue weighted by atomic mass is 79.9. The Morgan fingerprint density at radius 2 is 1.77 bits per heavy atom. The van der Waals surface area contributed by atoms with E-state index in [-0.39, 0.29) is 45.0 Å². The van der Waals surface area contributed by atoms with E-state index in [4.69, 9.17) is 32.7 Å². The first-order valence-electron chi connectivity index (χ1n) is 7.64. The van der Waals surface area contributed by atoms with Crippen molar-refractivity contribution in [2.45, 2.75) is 29.1 Å². The lowest BCUT2D eigenvalue weighted by atomic mass is 9.96. The third-order valence-electron chi connectivity index (χ3n) is 4.13. The van der Waals surface area contributed by atoms with Gasteiger partial charge in [-0.1, -0.05) is 39.1 Å². The first kappa shape index (κ1) is 19.8. The van der Waals surface area contributed by atoms with Gasteiger partial charge in [0.05, 0.1) is 28.5 Å². The van der Waals surface area contributed by atoms with Gasteiger partial charge in [-0.3, -0.25) is 0 Å². The maximum atomic E-state index is 12.8. The van der Waals surface area contributed by atoms with Crippen molar-refractivity contribution in [2.75, 3.05) is 7.11 Å². The molecule has 140 valence electrons. The highest BCUT2D eigenvalue weighted by Gasteiger charge is 2.40. The molecule has 3 rings (SSSR count). The van der Waals surface area contributed by atoms with Crippen LogP contribution in [-0.2, 0) is 9.84 Å². The molecule has 1 aliphatic rings. The van der Waals surface area contributed by atoms with Gasteiger partial charge in [-0.2, -0.15) is 0 Å². The van der Waals surface area contributed by atoms with E-state index in [1.807, 2.05) is 0 Å². The molecule has 0 bridgehead atoms. The Kier molecular flexibility index (Phi) is 5.75. The van der Waals surface area contributed by atoms with Crippen molar-refractivity contribution in [3.63, 3.8) is 0 Å². The van der Waals surface area contributed by atoms with Gasteiger partial charge in [0.25, 0.3) is 0 Å². The molecule has 2 aromatic rings. The van der Waals surface area contributed by atoms with Crippen LogP contribution in [0.15, 0.2) is 39.7 Å². The predicted molar refractivity (Wildman–Crippen MR) is 103 cm³/mol. The highest BCUT2D eigenvalue weighted by Crippen LogP contribution is 2.41. The summed E-state index contributed by atoms with van der Waals surface area (Å²) in [6.07, 6.45) is -0.164. The van der Waals surface area contributed by atoms with Crippen molar-refractivity contribution < 1.29 is 23.0 Å². The summed E-state index contributed by atoms with van der Waals surface area (Å²) in [5, 5.41) is 9.36. The second-order valence-electron chi connectivity index (χ2n) is 5.91. The molecule has 5 nitrogen and oxygen atoms in total. The standard InChI is InChI=1S/C17H15BrCl2O5S/c1-24-15-3-2-11(25-17-13(19)4-9(18)5-14(17)20)8-16(15)26(22,23)12-6-10(21)7-12/h2-5,8,10,12,21H,6-7H2,1H3/t10-,12+. The van der Waals surface area contributed by atoms with E-state index in [0.29, 0.717) is 4.47 Å². The SMILES string of the molecule is COc1ccc(Oc2c(Cl)cc(Br)cc2Cl)cc1S(=O)(=O)[C@H]1C[C@@H](O)C1. The molecule has 0 radical (unpaired) electrons. The number of halogens is 3. The predicted octanol–water partition coefficient (Wildman–Crippen LogP) is 4.85. The van der Waals surface area contributed by atoms with Gasteiger partial charge >= 0.3 is 0 Å². The highest BCUT2D eigenvalue weighted by molar-refractivity contribution is 9.10. The minimum atomic E-state index is -3.66. The zero-order valence-corrected chi connectivity index (χ0v) is 17.5. The van der Waals surface area contributed by atoms with E-state index in [0.717, 1.165) is 0 Å². The fourth-order valence-corrected chi connectivity index (χ4v) is 5.97. The average Bonchev–Trinajstić information content (AvgIpc) is 2.55. The van der Waals surface area contributed by atoms with Crippen molar-refractivity contribution in [1.29, 1.82) is 0 Å². The molecule has 1 aliphatic carbocycles. The molecule has 0 saturated heterocycles. The number of sulfone groups is 1.